The van der Waals surface area contributed by atoms with Crippen LogP contribution in [0.5, 0.6) is 0 Å². The first-order valence-corrected chi connectivity index (χ1v) is 8.14. The van der Waals surface area contributed by atoms with Crippen LogP contribution in [0.15, 0.2) is 39.8 Å². The average Bonchev–Trinajstić information content (AvgIpc) is 2.85. The number of aryl methyl sites for hydroxylation is 1. The Kier molecular flexibility index (Phi) is 4.64. The summed E-state index contributed by atoms with van der Waals surface area (Å²) in [5.74, 6) is 0.842. The van der Waals surface area contributed by atoms with Gasteiger partial charge in [0.15, 0.2) is 0 Å². The zero-order chi connectivity index (χ0) is 15.5. The monoisotopic (exact) mass is 309 g/mol. The van der Waals surface area contributed by atoms with Crippen molar-refractivity contribution in [1.82, 2.24) is 10.3 Å². The van der Waals surface area contributed by atoms with Crippen LogP contribution in [0.1, 0.15) is 25.3 Å². The fraction of sp³-hybridized carbons (Fsp3) is 0.357. The number of pyridine rings is 1. The number of hydrogen-bond acceptors (Lipinski definition) is 5. The van der Waals surface area contributed by atoms with Crippen molar-refractivity contribution in [2.45, 2.75) is 38.5 Å². The molecule has 0 radical (unpaired) electrons. The maximum atomic E-state index is 12.2. The maximum absolute atomic E-state index is 12.2. The largest absolute Gasteiger partial charge is 0.446 e. The van der Waals surface area contributed by atoms with Crippen LogP contribution in [0.3, 0.4) is 0 Å². The van der Waals surface area contributed by atoms with Gasteiger partial charge < -0.3 is 9.73 Å². The molecular weight excluding hydrogens is 290 g/mol. The number of nitrogens with zero attached hydrogens (tertiary/aromatic N) is 1. The number of hydrogen-bond donors (Lipinski definition) is 2. The minimum atomic E-state index is -3.75. The van der Waals surface area contributed by atoms with E-state index < -0.39 is 10.0 Å². The lowest BCUT2D eigenvalue weighted by atomic mass is 10.3. The van der Waals surface area contributed by atoms with Crippen molar-refractivity contribution in [2.75, 3.05) is 4.72 Å². The third-order valence-electron chi connectivity index (χ3n) is 2.71. The van der Waals surface area contributed by atoms with Crippen LogP contribution in [0.2, 0.25) is 0 Å². The van der Waals surface area contributed by atoms with Crippen LogP contribution in [-0.4, -0.2) is 19.4 Å². The molecule has 0 aliphatic carbocycles. The molecule has 114 valence electrons. The summed E-state index contributed by atoms with van der Waals surface area (Å²) in [6.45, 7) is 6.29. The Balaban J connectivity index is 2.12. The second kappa shape index (κ2) is 6.28. The predicted octanol–water partition coefficient (Wildman–Crippen LogP) is 2.28. The molecule has 0 atom stereocenters. The molecule has 0 aromatic carbocycles. The summed E-state index contributed by atoms with van der Waals surface area (Å²) in [5, 5.41) is 3.04. The Morgan fingerprint density at radius 3 is 2.67 bits per heavy atom. The van der Waals surface area contributed by atoms with E-state index in [1.54, 1.807) is 31.2 Å². The lowest BCUT2D eigenvalue weighted by Crippen LogP contribution is -2.21. The highest BCUT2D eigenvalue weighted by molar-refractivity contribution is 7.92. The van der Waals surface area contributed by atoms with Gasteiger partial charge >= 0.3 is 0 Å². The molecule has 2 rings (SSSR count). The first-order valence-electron chi connectivity index (χ1n) is 6.65. The third-order valence-corrected chi connectivity index (χ3v) is 3.94. The van der Waals surface area contributed by atoms with Gasteiger partial charge in [0.1, 0.15) is 11.6 Å². The molecule has 2 aromatic rings. The van der Waals surface area contributed by atoms with Gasteiger partial charge in [-0.25, -0.2) is 4.98 Å². The van der Waals surface area contributed by atoms with Gasteiger partial charge in [-0.05, 0) is 31.2 Å². The Labute approximate surface area is 124 Å². The molecule has 0 spiro atoms. The fourth-order valence-electron chi connectivity index (χ4n) is 1.69. The second-order valence-electron chi connectivity index (χ2n) is 5.03. The highest BCUT2D eigenvalue weighted by Crippen LogP contribution is 2.17. The summed E-state index contributed by atoms with van der Waals surface area (Å²) in [5.41, 5.74) is 0.733. The first kappa shape index (κ1) is 15.5. The zero-order valence-corrected chi connectivity index (χ0v) is 13.1. The van der Waals surface area contributed by atoms with E-state index in [2.05, 4.69) is 15.0 Å². The van der Waals surface area contributed by atoms with Gasteiger partial charge in [-0.2, -0.15) is 8.42 Å². The fourth-order valence-corrected chi connectivity index (χ4v) is 2.64. The van der Waals surface area contributed by atoms with E-state index >= 15 is 0 Å². The third kappa shape index (κ3) is 4.30. The number of sulfonamides is 1. The summed E-state index contributed by atoms with van der Waals surface area (Å²) in [7, 11) is -3.75. The van der Waals surface area contributed by atoms with Crippen molar-refractivity contribution in [2.24, 2.45) is 0 Å². The van der Waals surface area contributed by atoms with Crippen LogP contribution in [-0.2, 0) is 16.6 Å². The van der Waals surface area contributed by atoms with Crippen LogP contribution >= 0.6 is 0 Å². The Morgan fingerprint density at radius 2 is 2.00 bits per heavy atom. The highest BCUT2D eigenvalue weighted by atomic mass is 32.2. The second-order valence-corrected chi connectivity index (χ2v) is 6.64. The number of anilines is 1. The molecule has 0 aliphatic rings. The lowest BCUT2D eigenvalue weighted by molar-refractivity contribution is 0.396. The van der Waals surface area contributed by atoms with Crippen molar-refractivity contribution in [3.63, 3.8) is 0 Å². The first-order chi connectivity index (χ1) is 9.87. The lowest BCUT2D eigenvalue weighted by Gasteiger charge is -2.06. The van der Waals surface area contributed by atoms with Gasteiger partial charge in [-0.15, -0.1) is 0 Å². The SMILES string of the molecule is Cc1cccc(NS(=O)(=O)c2ccc(CNC(C)C)o2)n1. The summed E-state index contributed by atoms with van der Waals surface area (Å²) in [6, 6.07) is 8.50. The van der Waals surface area contributed by atoms with Gasteiger partial charge in [0, 0.05) is 11.7 Å². The van der Waals surface area contributed by atoms with Gasteiger partial charge in [-0.1, -0.05) is 19.9 Å². The predicted molar refractivity (Wildman–Crippen MR) is 80.5 cm³/mol. The van der Waals surface area contributed by atoms with Crippen LogP contribution in [0.4, 0.5) is 5.82 Å². The van der Waals surface area contributed by atoms with Crippen molar-refractivity contribution in [3.8, 4) is 0 Å². The summed E-state index contributed by atoms with van der Waals surface area (Å²) in [6.07, 6.45) is 0. The molecule has 2 N–H and O–H groups in total. The molecule has 0 saturated heterocycles. The molecule has 0 aliphatic heterocycles. The van der Waals surface area contributed by atoms with E-state index in [-0.39, 0.29) is 10.9 Å². The minimum Gasteiger partial charge on any atom is -0.446 e. The average molecular weight is 309 g/mol. The van der Waals surface area contributed by atoms with E-state index in [9.17, 15) is 8.42 Å². The molecule has 2 heterocycles. The number of rotatable bonds is 6. The summed E-state index contributed by atoms with van der Waals surface area (Å²) in [4.78, 5) is 4.11. The Morgan fingerprint density at radius 1 is 1.24 bits per heavy atom. The van der Waals surface area contributed by atoms with Crippen molar-refractivity contribution < 1.29 is 12.8 Å². The van der Waals surface area contributed by atoms with Crippen LogP contribution in [0, 0.1) is 6.92 Å². The topological polar surface area (TPSA) is 84.2 Å². The molecule has 0 unspecified atom stereocenters. The van der Waals surface area contributed by atoms with Crippen molar-refractivity contribution in [1.29, 1.82) is 0 Å². The summed E-state index contributed by atoms with van der Waals surface area (Å²) < 4.78 is 32.2. The molecule has 7 heteroatoms. The van der Waals surface area contributed by atoms with Gasteiger partial charge in [0.25, 0.3) is 10.0 Å². The Hall–Kier alpha value is -1.86. The number of nitrogens with one attached hydrogen (secondary N) is 2. The number of aromatic nitrogens is 1. The van der Waals surface area contributed by atoms with E-state index in [0.29, 0.717) is 18.3 Å². The van der Waals surface area contributed by atoms with Crippen molar-refractivity contribution >= 4 is 15.8 Å². The molecule has 6 nitrogen and oxygen atoms in total. The highest BCUT2D eigenvalue weighted by Gasteiger charge is 2.19. The molecule has 2 aromatic heterocycles. The maximum Gasteiger partial charge on any atom is 0.296 e. The van der Waals surface area contributed by atoms with Gasteiger partial charge in [-0.3, -0.25) is 4.72 Å². The number of furan rings is 1. The van der Waals surface area contributed by atoms with E-state index in [0.717, 1.165) is 5.69 Å². The molecule has 21 heavy (non-hydrogen) atoms. The Bertz CT molecular complexity index is 708. The quantitative estimate of drug-likeness (QED) is 0.855. The molecule has 0 amide bonds. The smallest absolute Gasteiger partial charge is 0.296 e. The van der Waals surface area contributed by atoms with Crippen LogP contribution in [0.25, 0.3) is 0 Å². The van der Waals surface area contributed by atoms with Gasteiger partial charge in [0.05, 0.1) is 6.54 Å². The molecular formula is C14H19N3O3S. The van der Waals surface area contributed by atoms with E-state index in [1.165, 1.54) is 6.07 Å². The minimum absolute atomic E-state index is 0.119. The van der Waals surface area contributed by atoms with E-state index in [4.69, 9.17) is 4.42 Å². The summed E-state index contributed by atoms with van der Waals surface area (Å²) >= 11 is 0. The molecule has 0 fully saturated rings. The van der Waals surface area contributed by atoms with E-state index in [1.807, 2.05) is 13.8 Å². The van der Waals surface area contributed by atoms with Gasteiger partial charge in [0.2, 0.25) is 5.09 Å². The molecule has 0 bridgehead atoms. The standard InChI is InChI=1S/C14H19N3O3S/c1-10(2)15-9-12-7-8-14(20-12)21(18,19)17-13-6-4-5-11(3)16-13/h4-8,10,15H,9H2,1-3H3,(H,16,17). The zero-order valence-electron chi connectivity index (χ0n) is 12.3. The van der Waals surface area contributed by atoms with Crippen molar-refractivity contribution in [3.05, 3.63) is 41.8 Å². The normalized spacial score (nSPS) is 11.8. The van der Waals surface area contributed by atoms with Crippen LogP contribution < -0.4 is 10.0 Å². The molecule has 0 saturated carbocycles.